The van der Waals surface area contributed by atoms with E-state index in [1.807, 2.05) is 37.7 Å². The maximum absolute atomic E-state index is 12.1. The summed E-state index contributed by atoms with van der Waals surface area (Å²) in [5, 5.41) is 7.55. The first kappa shape index (κ1) is 18.9. The minimum absolute atomic E-state index is 0.128. The van der Waals surface area contributed by atoms with Gasteiger partial charge in [-0.2, -0.15) is 0 Å². The smallest absolute Gasteiger partial charge is 0.251 e. The Labute approximate surface area is 152 Å². The molecule has 1 aromatic carbocycles. The lowest BCUT2D eigenvalue weighted by molar-refractivity contribution is -0.116. The van der Waals surface area contributed by atoms with Crippen molar-refractivity contribution >= 4 is 29.2 Å². The molecule has 0 radical (unpaired) electrons. The molecule has 1 unspecified atom stereocenters. The highest BCUT2D eigenvalue weighted by molar-refractivity contribution is 7.10. The summed E-state index contributed by atoms with van der Waals surface area (Å²) in [6.07, 6.45) is 3.24. The average molecular weight is 357 g/mol. The lowest BCUT2D eigenvalue weighted by Crippen LogP contribution is -2.33. The Hall–Kier alpha value is -2.44. The van der Waals surface area contributed by atoms with Crippen molar-refractivity contribution < 1.29 is 9.59 Å². The molecule has 1 atom stereocenters. The molecule has 132 valence electrons. The van der Waals surface area contributed by atoms with Crippen molar-refractivity contribution in [1.82, 2.24) is 15.5 Å². The molecule has 0 saturated carbocycles. The minimum atomic E-state index is -0.140. The average Bonchev–Trinajstić information content (AvgIpc) is 3.14. The molecule has 2 amide bonds. The molecule has 0 fully saturated rings. The van der Waals surface area contributed by atoms with E-state index in [2.05, 4.69) is 21.6 Å². The Morgan fingerprint density at radius 2 is 1.92 bits per heavy atom. The molecular weight excluding hydrogens is 334 g/mol. The van der Waals surface area contributed by atoms with Crippen LogP contribution in [0, 0.1) is 0 Å². The third-order valence-electron chi connectivity index (χ3n) is 3.79. The first-order valence-electron chi connectivity index (χ1n) is 7.99. The second-order valence-corrected chi connectivity index (χ2v) is 6.75. The van der Waals surface area contributed by atoms with E-state index < -0.39 is 0 Å². The standard InChI is InChI=1S/C19H23N3O2S/c1-20-19(24)15-9-6-14(7-10-15)8-11-18(23)21-13-16(22(2)3)17-5-4-12-25-17/h4-12,16H,13H2,1-3H3,(H,20,24)(H,21,23)/b11-8+. The van der Waals surface area contributed by atoms with E-state index in [0.717, 1.165) is 5.56 Å². The second-order valence-electron chi connectivity index (χ2n) is 5.77. The van der Waals surface area contributed by atoms with Crippen molar-refractivity contribution in [2.45, 2.75) is 6.04 Å². The van der Waals surface area contributed by atoms with Crippen molar-refractivity contribution in [2.24, 2.45) is 0 Å². The van der Waals surface area contributed by atoms with Gasteiger partial charge in [-0.3, -0.25) is 9.59 Å². The molecule has 2 aromatic rings. The van der Waals surface area contributed by atoms with Crippen LogP contribution < -0.4 is 10.6 Å². The minimum Gasteiger partial charge on any atom is -0.355 e. The van der Waals surface area contributed by atoms with Crippen LogP contribution in [0.2, 0.25) is 0 Å². The first-order valence-corrected chi connectivity index (χ1v) is 8.87. The van der Waals surface area contributed by atoms with E-state index in [0.29, 0.717) is 12.1 Å². The molecule has 0 aliphatic heterocycles. The number of carbonyl (C=O) groups is 2. The van der Waals surface area contributed by atoms with Gasteiger partial charge in [0.15, 0.2) is 0 Å². The number of hydrogen-bond donors (Lipinski definition) is 2. The van der Waals surface area contributed by atoms with Gasteiger partial charge in [-0.15, -0.1) is 11.3 Å². The molecule has 0 bridgehead atoms. The number of nitrogens with one attached hydrogen (secondary N) is 2. The van der Waals surface area contributed by atoms with Gasteiger partial charge in [-0.25, -0.2) is 0 Å². The van der Waals surface area contributed by atoms with E-state index in [4.69, 9.17) is 0 Å². The van der Waals surface area contributed by atoms with Crippen LogP contribution in [0.5, 0.6) is 0 Å². The number of hydrogen-bond acceptors (Lipinski definition) is 4. The van der Waals surface area contributed by atoms with Gasteiger partial charge in [-0.05, 0) is 49.3 Å². The number of nitrogens with zero attached hydrogens (tertiary/aromatic N) is 1. The Morgan fingerprint density at radius 3 is 2.48 bits per heavy atom. The maximum atomic E-state index is 12.1. The number of amides is 2. The fraction of sp³-hybridized carbons (Fsp3) is 0.263. The van der Waals surface area contributed by atoms with Crippen molar-refractivity contribution in [2.75, 3.05) is 27.7 Å². The van der Waals surface area contributed by atoms with Crippen molar-refractivity contribution in [3.8, 4) is 0 Å². The Kier molecular flexibility index (Phi) is 6.91. The molecular formula is C19H23N3O2S. The van der Waals surface area contributed by atoms with Gasteiger partial charge in [-0.1, -0.05) is 18.2 Å². The van der Waals surface area contributed by atoms with Crippen LogP contribution in [-0.4, -0.2) is 44.4 Å². The van der Waals surface area contributed by atoms with Crippen LogP contribution in [0.3, 0.4) is 0 Å². The number of likely N-dealkylation sites (N-methyl/N-ethyl adjacent to an activating group) is 1. The van der Waals surface area contributed by atoms with Crippen molar-refractivity contribution in [3.63, 3.8) is 0 Å². The van der Waals surface area contributed by atoms with Crippen LogP contribution in [0.25, 0.3) is 6.08 Å². The summed E-state index contributed by atoms with van der Waals surface area (Å²) in [6.45, 7) is 0.548. The lowest BCUT2D eigenvalue weighted by Gasteiger charge is -2.23. The summed E-state index contributed by atoms with van der Waals surface area (Å²) >= 11 is 1.68. The summed E-state index contributed by atoms with van der Waals surface area (Å²) in [5.41, 5.74) is 1.46. The third kappa shape index (κ3) is 5.55. The second kappa shape index (κ2) is 9.15. The molecule has 2 rings (SSSR count). The number of thiophene rings is 1. The molecule has 0 aliphatic carbocycles. The predicted molar refractivity (Wildman–Crippen MR) is 103 cm³/mol. The van der Waals surface area contributed by atoms with Gasteiger partial charge in [0, 0.05) is 30.1 Å². The zero-order valence-corrected chi connectivity index (χ0v) is 15.5. The first-order chi connectivity index (χ1) is 12.0. The van der Waals surface area contributed by atoms with Gasteiger partial charge in [0.05, 0.1) is 6.04 Å². The van der Waals surface area contributed by atoms with E-state index >= 15 is 0 Å². The fourth-order valence-corrected chi connectivity index (χ4v) is 3.26. The maximum Gasteiger partial charge on any atom is 0.251 e. The van der Waals surface area contributed by atoms with Gasteiger partial charge in [0.1, 0.15) is 0 Å². The van der Waals surface area contributed by atoms with E-state index in [9.17, 15) is 9.59 Å². The molecule has 1 heterocycles. The summed E-state index contributed by atoms with van der Waals surface area (Å²) in [5.74, 6) is -0.268. The third-order valence-corrected chi connectivity index (χ3v) is 4.77. The Balaban J connectivity index is 1.91. The zero-order chi connectivity index (χ0) is 18.2. The van der Waals surface area contributed by atoms with Crippen LogP contribution in [0.1, 0.15) is 26.8 Å². The highest BCUT2D eigenvalue weighted by Gasteiger charge is 2.15. The molecule has 2 N–H and O–H groups in total. The SMILES string of the molecule is CNC(=O)c1ccc(/C=C/C(=O)NCC(c2cccs2)N(C)C)cc1. The number of benzene rings is 1. The normalized spacial score (nSPS) is 12.3. The monoisotopic (exact) mass is 357 g/mol. The Bertz CT molecular complexity index is 722. The van der Waals surface area contributed by atoms with Crippen molar-refractivity contribution in [3.05, 3.63) is 63.9 Å². The predicted octanol–water partition coefficient (Wildman–Crippen LogP) is 2.54. The molecule has 25 heavy (non-hydrogen) atoms. The number of rotatable bonds is 7. The van der Waals surface area contributed by atoms with Crippen LogP contribution in [-0.2, 0) is 4.79 Å². The molecule has 6 heteroatoms. The number of carbonyl (C=O) groups excluding carboxylic acids is 2. The summed E-state index contributed by atoms with van der Waals surface area (Å²) in [6, 6.07) is 11.3. The highest BCUT2D eigenvalue weighted by atomic mass is 32.1. The quantitative estimate of drug-likeness (QED) is 0.749. The lowest BCUT2D eigenvalue weighted by atomic mass is 10.1. The van der Waals surface area contributed by atoms with Crippen molar-refractivity contribution in [1.29, 1.82) is 0 Å². The summed E-state index contributed by atoms with van der Waals surface area (Å²) in [7, 11) is 5.60. The molecule has 5 nitrogen and oxygen atoms in total. The molecule has 0 saturated heterocycles. The van der Waals surface area contributed by atoms with E-state index in [1.54, 1.807) is 36.6 Å². The largest absolute Gasteiger partial charge is 0.355 e. The van der Waals surface area contributed by atoms with E-state index in [1.165, 1.54) is 11.0 Å². The van der Waals surface area contributed by atoms with Gasteiger partial charge in [0.2, 0.25) is 5.91 Å². The molecule has 1 aromatic heterocycles. The fourth-order valence-electron chi connectivity index (χ4n) is 2.34. The van der Waals surface area contributed by atoms with Crippen LogP contribution in [0.4, 0.5) is 0 Å². The molecule has 0 aliphatic rings. The van der Waals surface area contributed by atoms with Gasteiger partial charge < -0.3 is 15.5 Å². The zero-order valence-electron chi connectivity index (χ0n) is 14.7. The van der Waals surface area contributed by atoms with Gasteiger partial charge >= 0.3 is 0 Å². The summed E-state index contributed by atoms with van der Waals surface area (Å²) < 4.78 is 0. The Morgan fingerprint density at radius 1 is 1.20 bits per heavy atom. The van der Waals surface area contributed by atoms with Gasteiger partial charge in [0.25, 0.3) is 5.91 Å². The van der Waals surface area contributed by atoms with E-state index in [-0.39, 0.29) is 17.9 Å². The molecule has 0 spiro atoms. The topological polar surface area (TPSA) is 61.4 Å². The highest BCUT2D eigenvalue weighted by Crippen LogP contribution is 2.22. The van der Waals surface area contributed by atoms with Crippen LogP contribution >= 0.6 is 11.3 Å². The van der Waals surface area contributed by atoms with Crippen LogP contribution in [0.15, 0.2) is 47.9 Å². The summed E-state index contributed by atoms with van der Waals surface area (Å²) in [4.78, 5) is 26.9.